The van der Waals surface area contributed by atoms with E-state index in [9.17, 15) is 9.59 Å². The molecule has 0 radical (unpaired) electrons. The van der Waals surface area contributed by atoms with E-state index >= 15 is 0 Å². The van der Waals surface area contributed by atoms with Gasteiger partial charge >= 0.3 is 0 Å². The van der Waals surface area contributed by atoms with Gasteiger partial charge in [0.15, 0.2) is 0 Å². The third kappa shape index (κ3) is 3.51. The predicted octanol–water partition coefficient (Wildman–Crippen LogP) is 1.14. The minimum absolute atomic E-state index is 0.0677. The molecule has 1 amide bonds. The average Bonchev–Trinajstić information content (AvgIpc) is 2.22. The van der Waals surface area contributed by atoms with Gasteiger partial charge in [-0.2, -0.15) is 0 Å². The van der Waals surface area contributed by atoms with Gasteiger partial charge in [0.05, 0.1) is 4.47 Å². The van der Waals surface area contributed by atoms with Gasteiger partial charge in [0.1, 0.15) is 6.54 Å². The average molecular weight is 273 g/mol. The summed E-state index contributed by atoms with van der Waals surface area (Å²) in [5.74, 6) is -0.142. The first-order valence-electron chi connectivity index (χ1n) is 4.76. The number of halogens is 1. The van der Waals surface area contributed by atoms with Crippen LogP contribution in [-0.4, -0.2) is 17.0 Å². The lowest BCUT2D eigenvalue weighted by Crippen LogP contribution is -2.32. The van der Waals surface area contributed by atoms with Gasteiger partial charge in [-0.1, -0.05) is 6.92 Å². The molecule has 15 heavy (non-hydrogen) atoms. The molecule has 0 saturated carbocycles. The molecule has 0 aromatic carbocycles. The third-order valence-electron chi connectivity index (χ3n) is 1.86. The number of hydrogen-bond donors (Lipinski definition) is 1. The first-order valence-corrected chi connectivity index (χ1v) is 5.56. The number of carbonyl (C=O) groups is 1. The Bertz CT molecular complexity index is 401. The van der Waals surface area contributed by atoms with E-state index in [1.165, 1.54) is 4.57 Å². The smallest absolute Gasteiger partial charge is 0.265 e. The molecule has 1 heterocycles. The molecule has 0 spiro atoms. The van der Waals surface area contributed by atoms with E-state index in [0.29, 0.717) is 11.0 Å². The largest absolute Gasteiger partial charge is 0.355 e. The van der Waals surface area contributed by atoms with Crippen molar-refractivity contribution >= 4 is 21.8 Å². The van der Waals surface area contributed by atoms with Gasteiger partial charge in [-0.15, -0.1) is 0 Å². The molecule has 1 rings (SSSR count). The predicted molar refractivity (Wildman–Crippen MR) is 61.7 cm³/mol. The van der Waals surface area contributed by atoms with Crippen LogP contribution in [0.15, 0.2) is 27.6 Å². The number of nitrogens with one attached hydrogen (secondary N) is 1. The van der Waals surface area contributed by atoms with Gasteiger partial charge in [0.25, 0.3) is 5.56 Å². The summed E-state index contributed by atoms with van der Waals surface area (Å²) in [5.41, 5.74) is -0.191. The molecule has 0 unspecified atom stereocenters. The zero-order chi connectivity index (χ0) is 11.3. The van der Waals surface area contributed by atoms with E-state index in [1.54, 1.807) is 18.3 Å². The molecule has 0 fully saturated rings. The van der Waals surface area contributed by atoms with Crippen molar-refractivity contribution in [2.75, 3.05) is 6.54 Å². The summed E-state index contributed by atoms with van der Waals surface area (Å²) in [4.78, 5) is 22.9. The molecule has 0 bridgehead atoms. The quantitative estimate of drug-likeness (QED) is 0.894. The molecule has 4 nitrogen and oxygen atoms in total. The Morgan fingerprint density at radius 3 is 3.00 bits per heavy atom. The minimum atomic E-state index is -0.191. The van der Waals surface area contributed by atoms with Crippen molar-refractivity contribution in [3.8, 4) is 0 Å². The maximum Gasteiger partial charge on any atom is 0.265 e. The lowest BCUT2D eigenvalue weighted by Gasteiger charge is -2.06. The van der Waals surface area contributed by atoms with Crippen LogP contribution in [0.25, 0.3) is 0 Å². The molecular formula is C10H13BrN2O2. The zero-order valence-corrected chi connectivity index (χ0v) is 10.1. The summed E-state index contributed by atoms with van der Waals surface area (Å²) in [6.07, 6.45) is 2.48. The Kier molecular flexibility index (Phi) is 4.55. The minimum Gasteiger partial charge on any atom is -0.355 e. The Hall–Kier alpha value is -1.10. The molecule has 1 aromatic rings. The molecule has 0 aliphatic heterocycles. The Morgan fingerprint density at radius 1 is 1.60 bits per heavy atom. The maximum atomic E-state index is 11.5. The fourth-order valence-electron chi connectivity index (χ4n) is 1.11. The van der Waals surface area contributed by atoms with E-state index in [-0.39, 0.29) is 18.0 Å². The highest BCUT2D eigenvalue weighted by Crippen LogP contribution is 2.00. The Balaban J connectivity index is 2.69. The molecule has 0 aliphatic rings. The zero-order valence-electron chi connectivity index (χ0n) is 8.50. The monoisotopic (exact) mass is 272 g/mol. The van der Waals surface area contributed by atoms with Gasteiger partial charge in [0, 0.05) is 12.7 Å². The number of rotatable bonds is 4. The van der Waals surface area contributed by atoms with E-state index in [0.717, 1.165) is 6.42 Å². The summed E-state index contributed by atoms with van der Waals surface area (Å²) in [6, 6.07) is 3.38. The number of carbonyl (C=O) groups excluding carboxylic acids is 1. The number of pyridine rings is 1. The summed E-state index contributed by atoms with van der Waals surface area (Å²) in [5, 5.41) is 2.71. The summed E-state index contributed by atoms with van der Waals surface area (Å²) < 4.78 is 1.84. The van der Waals surface area contributed by atoms with E-state index in [1.807, 2.05) is 6.92 Å². The van der Waals surface area contributed by atoms with Gasteiger partial charge in [-0.3, -0.25) is 9.59 Å². The number of nitrogens with zero attached hydrogens (tertiary/aromatic N) is 1. The van der Waals surface area contributed by atoms with Crippen molar-refractivity contribution < 1.29 is 4.79 Å². The Morgan fingerprint density at radius 2 is 2.33 bits per heavy atom. The third-order valence-corrected chi connectivity index (χ3v) is 2.46. The van der Waals surface area contributed by atoms with Crippen LogP contribution >= 0.6 is 15.9 Å². The molecule has 1 aromatic heterocycles. The highest BCUT2D eigenvalue weighted by Gasteiger charge is 2.04. The molecule has 82 valence electrons. The second kappa shape index (κ2) is 5.70. The van der Waals surface area contributed by atoms with Crippen molar-refractivity contribution in [3.63, 3.8) is 0 Å². The van der Waals surface area contributed by atoms with Crippen molar-refractivity contribution in [3.05, 3.63) is 33.2 Å². The van der Waals surface area contributed by atoms with Gasteiger partial charge in [-0.05, 0) is 34.5 Å². The van der Waals surface area contributed by atoms with Gasteiger partial charge in [-0.25, -0.2) is 0 Å². The summed E-state index contributed by atoms with van der Waals surface area (Å²) in [6.45, 7) is 2.69. The van der Waals surface area contributed by atoms with E-state index in [2.05, 4.69) is 21.2 Å². The van der Waals surface area contributed by atoms with Crippen molar-refractivity contribution in [2.45, 2.75) is 19.9 Å². The number of aromatic nitrogens is 1. The molecular weight excluding hydrogens is 260 g/mol. The van der Waals surface area contributed by atoms with Crippen molar-refractivity contribution in [1.29, 1.82) is 0 Å². The van der Waals surface area contributed by atoms with Crippen LogP contribution in [0.2, 0.25) is 0 Å². The van der Waals surface area contributed by atoms with Crippen molar-refractivity contribution in [2.24, 2.45) is 0 Å². The molecule has 0 atom stereocenters. The molecule has 0 saturated heterocycles. The topological polar surface area (TPSA) is 51.1 Å². The molecule has 1 N–H and O–H groups in total. The highest BCUT2D eigenvalue weighted by atomic mass is 79.9. The lowest BCUT2D eigenvalue weighted by molar-refractivity contribution is -0.121. The van der Waals surface area contributed by atoms with Crippen LogP contribution in [0.5, 0.6) is 0 Å². The normalized spacial score (nSPS) is 10.0. The maximum absolute atomic E-state index is 11.5. The van der Waals surface area contributed by atoms with Crippen LogP contribution in [-0.2, 0) is 11.3 Å². The first-order chi connectivity index (χ1) is 7.15. The summed E-state index contributed by atoms with van der Waals surface area (Å²) in [7, 11) is 0. The number of amides is 1. The second-order valence-electron chi connectivity index (χ2n) is 3.14. The molecule has 5 heteroatoms. The Labute approximate surface area is 96.4 Å². The van der Waals surface area contributed by atoms with Crippen LogP contribution < -0.4 is 10.9 Å². The standard InChI is InChI=1S/C10H13BrN2O2/c1-2-5-12-9(14)7-13-6-3-4-8(11)10(13)15/h3-4,6H,2,5,7H2,1H3,(H,12,14). The lowest BCUT2D eigenvalue weighted by atomic mass is 10.4. The highest BCUT2D eigenvalue weighted by molar-refractivity contribution is 9.10. The van der Waals surface area contributed by atoms with Gasteiger partial charge in [0.2, 0.25) is 5.91 Å². The van der Waals surface area contributed by atoms with Crippen molar-refractivity contribution in [1.82, 2.24) is 9.88 Å². The SMILES string of the molecule is CCCNC(=O)Cn1cccc(Br)c1=O. The van der Waals surface area contributed by atoms with E-state index in [4.69, 9.17) is 0 Å². The van der Waals surface area contributed by atoms with Crippen LogP contribution in [0.4, 0.5) is 0 Å². The fourth-order valence-corrected chi connectivity index (χ4v) is 1.49. The first kappa shape index (κ1) is 12.0. The van der Waals surface area contributed by atoms with Crippen LogP contribution in [0, 0.1) is 0 Å². The van der Waals surface area contributed by atoms with Gasteiger partial charge < -0.3 is 9.88 Å². The fraction of sp³-hybridized carbons (Fsp3) is 0.400. The van der Waals surface area contributed by atoms with Crippen LogP contribution in [0.1, 0.15) is 13.3 Å². The van der Waals surface area contributed by atoms with E-state index < -0.39 is 0 Å². The van der Waals surface area contributed by atoms with Crippen LogP contribution in [0.3, 0.4) is 0 Å². The summed E-state index contributed by atoms with van der Waals surface area (Å²) >= 11 is 3.12. The second-order valence-corrected chi connectivity index (χ2v) is 3.99. The molecule has 0 aliphatic carbocycles. The number of hydrogen-bond acceptors (Lipinski definition) is 2.